The van der Waals surface area contributed by atoms with Crippen molar-refractivity contribution in [3.8, 4) is 0 Å². The van der Waals surface area contributed by atoms with E-state index in [-0.39, 0.29) is 22.7 Å². The highest BCUT2D eigenvalue weighted by Crippen LogP contribution is 2.19. The van der Waals surface area contributed by atoms with Crippen molar-refractivity contribution >= 4 is 17.9 Å². The van der Waals surface area contributed by atoms with Crippen LogP contribution in [0.25, 0.3) is 0 Å². The molecule has 0 aromatic rings. The van der Waals surface area contributed by atoms with Crippen LogP contribution in [0.1, 0.15) is 73.6 Å². The molecule has 152 valence electrons. The fourth-order valence-corrected chi connectivity index (χ4v) is 1.83. The van der Waals surface area contributed by atoms with Crippen LogP contribution >= 0.6 is 0 Å². The maximum atomic E-state index is 12.4. The molecule has 0 aliphatic rings. The molecule has 0 aliphatic carbocycles. The molecule has 0 heterocycles. The minimum Gasteiger partial charge on any atom is -0.462 e. The Morgan fingerprint density at radius 2 is 1.44 bits per heavy atom. The number of hydrogen-bond acceptors (Lipinski definition) is 6. The molecule has 6 heteroatoms. The van der Waals surface area contributed by atoms with E-state index in [2.05, 4.69) is 6.58 Å². The topological polar surface area (TPSA) is 78.9 Å². The van der Waals surface area contributed by atoms with Gasteiger partial charge in [-0.05, 0) is 40.0 Å². The lowest BCUT2D eigenvalue weighted by molar-refractivity contribution is -0.139. The minimum atomic E-state index is -0.670. The summed E-state index contributed by atoms with van der Waals surface area (Å²) in [6.07, 6.45) is 3.22. The van der Waals surface area contributed by atoms with Crippen LogP contribution in [0.15, 0.2) is 34.8 Å². The van der Waals surface area contributed by atoms with Gasteiger partial charge in [-0.2, -0.15) is 0 Å². The first-order valence-electron chi connectivity index (χ1n) is 9.35. The highest BCUT2D eigenvalue weighted by Gasteiger charge is 2.20. The van der Waals surface area contributed by atoms with Gasteiger partial charge in [-0.15, -0.1) is 0 Å². The molecular formula is C21H32O6. The van der Waals surface area contributed by atoms with E-state index in [1.54, 1.807) is 6.92 Å². The Bertz CT molecular complexity index is 625. The summed E-state index contributed by atoms with van der Waals surface area (Å²) in [5.41, 5.74) is 0.738. The van der Waals surface area contributed by atoms with Crippen LogP contribution in [0, 0.1) is 0 Å². The third kappa shape index (κ3) is 8.71. The lowest BCUT2D eigenvalue weighted by Crippen LogP contribution is -2.15. The highest BCUT2D eigenvalue weighted by atomic mass is 16.6. The number of hydrogen-bond donors (Lipinski definition) is 0. The van der Waals surface area contributed by atoms with Crippen LogP contribution in [0.5, 0.6) is 0 Å². The molecule has 0 spiro atoms. The van der Waals surface area contributed by atoms with Gasteiger partial charge in [0, 0.05) is 12.0 Å². The fourth-order valence-electron chi connectivity index (χ4n) is 1.83. The summed E-state index contributed by atoms with van der Waals surface area (Å²) in [7, 11) is 0. The van der Waals surface area contributed by atoms with Gasteiger partial charge < -0.3 is 14.2 Å². The van der Waals surface area contributed by atoms with Crippen LogP contribution in [-0.2, 0) is 28.6 Å². The number of ether oxygens (including phenoxy) is 3. The summed E-state index contributed by atoms with van der Waals surface area (Å²) in [4.78, 5) is 36.3. The number of unbranched alkanes of at least 4 members (excludes halogenated alkanes) is 1. The lowest BCUT2D eigenvalue weighted by Gasteiger charge is -2.14. The van der Waals surface area contributed by atoms with Gasteiger partial charge in [-0.3, -0.25) is 0 Å². The predicted molar refractivity (Wildman–Crippen MR) is 103 cm³/mol. The number of esters is 3. The van der Waals surface area contributed by atoms with Crippen LogP contribution in [-0.4, -0.2) is 24.5 Å². The molecule has 0 saturated heterocycles. The van der Waals surface area contributed by atoms with E-state index in [0.29, 0.717) is 31.4 Å². The molecule has 0 fully saturated rings. The van der Waals surface area contributed by atoms with Gasteiger partial charge in [0.2, 0.25) is 0 Å². The molecule has 0 bridgehead atoms. The van der Waals surface area contributed by atoms with Gasteiger partial charge >= 0.3 is 17.9 Å². The third-order valence-electron chi connectivity index (χ3n) is 3.93. The Morgan fingerprint density at radius 1 is 0.815 bits per heavy atom. The van der Waals surface area contributed by atoms with E-state index in [9.17, 15) is 14.4 Å². The minimum absolute atomic E-state index is 0.152. The smallest absolute Gasteiger partial charge is 0.342 e. The third-order valence-corrected chi connectivity index (χ3v) is 3.93. The molecule has 0 N–H and O–H groups in total. The van der Waals surface area contributed by atoms with Gasteiger partial charge in [-0.1, -0.05) is 33.8 Å². The average molecular weight is 380 g/mol. The van der Waals surface area contributed by atoms with Gasteiger partial charge in [0.05, 0.1) is 17.8 Å². The van der Waals surface area contributed by atoms with Gasteiger partial charge in [0.25, 0.3) is 0 Å². The van der Waals surface area contributed by atoms with E-state index in [0.717, 1.165) is 12.8 Å². The fraction of sp³-hybridized carbons (Fsp3) is 0.571. The second-order valence-electron chi connectivity index (χ2n) is 6.20. The van der Waals surface area contributed by atoms with E-state index < -0.39 is 17.9 Å². The molecule has 0 aliphatic heterocycles. The first-order valence-corrected chi connectivity index (χ1v) is 9.35. The van der Waals surface area contributed by atoms with Crippen molar-refractivity contribution in [2.24, 2.45) is 0 Å². The van der Waals surface area contributed by atoms with Crippen molar-refractivity contribution in [2.45, 2.75) is 73.6 Å². The van der Waals surface area contributed by atoms with Crippen LogP contribution in [0.3, 0.4) is 0 Å². The molecule has 0 radical (unpaired) electrons. The summed E-state index contributed by atoms with van der Waals surface area (Å²) in [5.74, 6) is -1.33. The zero-order chi connectivity index (χ0) is 21.0. The van der Waals surface area contributed by atoms with Crippen LogP contribution in [0.4, 0.5) is 0 Å². The van der Waals surface area contributed by atoms with E-state index >= 15 is 0 Å². The second kappa shape index (κ2) is 12.9. The lowest BCUT2D eigenvalue weighted by atomic mass is 10.1. The summed E-state index contributed by atoms with van der Waals surface area (Å²) in [6, 6.07) is 0. The zero-order valence-corrected chi connectivity index (χ0v) is 17.4. The van der Waals surface area contributed by atoms with Gasteiger partial charge in [0.1, 0.15) is 11.5 Å². The number of carbonyl (C=O) groups excluding carboxylic acids is 3. The Hall–Kier alpha value is -2.37. The standard InChI is InChI=1S/C21H32O6/c1-8-11-12-18(27-19(22)14(4)10-3)16(6)21(24)26-17(7)15(5)20(23)25-13-9-2/h4,8-13H2,1-3,5-7H3. The zero-order valence-electron chi connectivity index (χ0n) is 17.4. The number of rotatable bonds is 11. The Labute approximate surface area is 162 Å². The summed E-state index contributed by atoms with van der Waals surface area (Å²) >= 11 is 0. The predicted octanol–water partition coefficient (Wildman–Crippen LogP) is 4.75. The van der Waals surface area contributed by atoms with Gasteiger partial charge in [0.15, 0.2) is 0 Å². The molecule has 0 rings (SSSR count). The maximum Gasteiger partial charge on any atom is 0.342 e. The molecule has 0 amide bonds. The van der Waals surface area contributed by atoms with Gasteiger partial charge in [-0.25, -0.2) is 14.4 Å². The van der Waals surface area contributed by atoms with E-state index in [1.807, 2.05) is 13.8 Å². The van der Waals surface area contributed by atoms with Crippen molar-refractivity contribution in [3.63, 3.8) is 0 Å². The Kier molecular flexibility index (Phi) is 11.8. The molecule has 6 nitrogen and oxygen atoms in total. The molecule has 0 unspecified atom stereocenters. The van der Waals surface area contributed by atoms with Crippen LogP contribution in [0.2, 0.25) is 0 Å². The molecule has 27 heavy (non-hydrogen) atoms. The number of carbonyl (C=O) groups is 3. The highest BCUT2D eigenvalue weighted by molar-refractivity contribution is 5.93. The number of allylic oxidation sites excluding steroid dienone is 2. The van der Waals surface area contributed by atoms with Crippen molar-refractivity contribution in [2.75, 3.05) is 6.61 Å². The molecule has 0 aromatic heterocycles. The normalized spacial score (nSPS) is 12.5. The van der Waals surface area contributed by atoms with E-state index in [4.69, 9.17) is 14.2 Å². The average Bonchev–Trinajstić information content (AvgIpc) is 2.66. The molecule has 0 atom stereocenters. The van der Waals surface area contributed by atoms with Crippen molar-refractivity contribution in [1.82, 2.24) is 0 Å². The maximum absolute atomic E-state index is 12.4. The molecular weight excluding hydrogens is 348 g/mol. The quantitative estimate of drug-likeness (QED) is 0.223. The Balaban J connectivity index is 5.39. The van der Waals surface area contributed by atoms with Crippen molar-refractivity contribution in [1.29, 1.82) is 0 Å². The van der Waals surface area contributed by atoms with Crippen molar-refractivity contribution < 1.29 is 28.6 Å². The van der Waals surface area contributed by atoms with Crippen molar-refractivity contribution in [3.05, 3.63) is 34.8 Å². The molecule has 0 saturated carbocycles. The van der Waals surface area contributed by atoms with Crippen LogP contribution < -0.4 is 0 Å². The monoisotopic (exact) mass is 380 g/mol. The summed E-state index contributed by atoms with van der Waals surface area (Å²) < 4.78 is 15.7. The Morgan fingerprint density at radius 3 is 1.96 bits per heavy atom. The largest absolute Gasteiger partial charge is 0.462 e. The SMILES string of the molecule is C=C(CC)C(=O)OC(CCCC)=C(C)C(=O)OC(C)=C(C)C(=O)OCCC. The van der Waals surface area contributed by atoms with E-state index in [1.165, 1.54) is 20.8 Å². The summed E-state index contributed by atoms with van der Waals surface area (Å²) in [5, 5.41) is 0. The second-order valence-corrected chi connectivity index (χ2v) is 6.20. The summed E-state index contributed by atoms with van der Waals surface area (Å²) in [6.45, 7) is 14.2. The first-order chi connectivity index (χ1) is 12.7. The molecule has 0 aromatic carbocycles. The first kappa shape index (κ1) is 24.6.